The Morgan fingerprint density at radius 2 is 2.18 bits per heavy atom. The molecular weight excluding hydrogens is 303 g/mol. The van der Waals surface area contributed by atoms with Gasteiger partial charge in [0, 0.05) is 11.9 Å². The standard InChI is InChI=1S/C15H13FN4OS/c1-10-5-6-11(16)8-12(10)17-14(21)9-22-15-19-18-13-4-2-3-7-20(13)15/h2-8H,9H2,1H3,(H,17,21). The highest BCUT2D eigenvalue weighted by atomic mass is 32.2. The van der Waals surface area contributed by atoms with E-state index in [0.29, 0.717) is 10.8 Å². The van der Waals surface area contributed by atoms with E-state index >= 15 is 0 Å². The molecule has 0 fully saturated rings. The van der Waals surface area contributed by atoms with Gasteiger partial charge in [-0.2, -0.15) is 0 Å². The summed E-state index contributed by atoms with van der Waals surface area (Å²) in [5.74, 6) is -0.422. The van der Waals surface area contributed by atoms with Crippen molar-refractivity contribution in [2.75, 3.05) is 11.1 Å². The zero-order chi connectivity index (χ0) is 15.5. The summed E-state index contributed by atoms with van der Waals surface area (Å²) in [5, 5.41) is 11.4. The topological polar surface area (TPSA) is 59.3 Å². The van der Waals surface area contributed by atoms with Gasteiger partial charge >= 0.3 is 0 Å². The van der Waals surface area contributed by atoms with Crippen LogP contribution in [0.2, 0.25) is 0 Å². The third-order valence-corrected chi connectivity index (χ3v) is 4.03. The number of nitrogens with one attached hydrogen (secondary N) is 1. The van der Waals surface area contributed by atoms with Gasteiger partial charge in [-0.1, -0.05) is 23.9 Å². The molecule has 0 aliphatic rings. The lowest BCUT2D eigenvalue weighted by Crippen LogP contribution is -2.15. The Morgan fingerprint density at radius 3 is 3.05 bits per heavy atom. The molecule has 1 aromatic carbocycles. The smallest absolute Gasteiger partial charge is 0.234 e. The summed E-state index contributed by atoms with van der Waals surface area (Å²) >= 11 is 1.28. The van der Waals surface area contributed by atoms with Crippen LogP contribution in [-0.4, -0.2) is 26.3 Å². The van der Waals surface area contributed by atoms with Crippen LogP contribution in [0.5, 0.6) is 0 Å². The van der Waals surface area contributed by atoms with Crippen molar-refractivity contribution in [1.82, 2.24) is 14.6 Å². The van der Waals surface area contributed by atoms with Crippen LogP contribution in [0.15, 0.2) is 47.8 Å². The summed E-state index contributed by atoms with van der Waals surface area (Å²) < 4.78 is 15.0. The molecule has 0 aliphatic heterocycles. The highest BCUT2D eigenvalue weighted by Crippen LogP contribution is 2.19. The lowest BCUT2D eigenvalue weighted by atomic mass is 10.2. The van der Waals surface area contributed by atoms with E-state index < -0.39 is 0 Å². The number of aryl methyl sites for hydroxylation is 1. The second kappa shape index (κ2) is 6.15. The average Bonchev–Trinajstić information content (AvgIpc) is 2.92. The second-order valence-corrected chi connectivity index (χ2v) is 5.65. The number of hydrogen-bond acceptors (Lipinski definition) is 4. The average molecular weight is 316 g/mol. The Labute approximate surface area is 130 Å². The molecule has 0 unspecified atom stereocenters. The van der Waals surface area contributed by atoms with Gasteiger partial charge in [0.2, 0.25) is 5.91 Å². The van der Waals surface area contributed by atoms with Crippen LogP contribution in [0.25, 0.3) is 5.65 Å². The number of amides is 1. The minimum atomic E-state index is -0.378. The van der Waals surface area contributed by atoms with Crippen molar-refractivity contribution in [3.8, 4) is 0 Å². The molecule has 7 heteroatoms. The summed E-state index contributed by atoms with van der Waals surface area (Å²) in [5.41, 5.74) is 2.02. The molecule has 2 heterocycles. The van der Waals surface area contributed by atoms with Crippen LogP contribution in [0, 0.1) is 12.7 Å². The number of pyridine rings is 1. The first-order valence-corrected chi connectivity index (χ1v) is 7.60. The quantitative estimate of drug-likeness (QED) is 0.752. The van der Waals surface area contributed by atoms with Crippen LogP contribution in [0.3, 0.4) is 0 Å². The molecule has 3 aromatic rings. The molecule has 2 aromatic heterocycles. The van der Waals surface area contributed by atoms with Crippen molar-refractivity contribution in [2.24, 2.45) is 0 Å². The summed E-state index contributed by atoms with van der Waals surface area (Å²) in [7, 11) is 0. The molecule has 3 rings (SSSR count). The van der Waals surface area contributed by atoms with Crippen LogP contribution >= 0.6 is 11.8 Å². The van der Waals surface area contributed by atoms with E-state index in [-0.39, 0.29) is 17.5 Å². The lowest BCUT2D eigenvalue weighted by Gasteiger charge is -2.07. The summed E-state index contributed by atoms with van der Waals surface area (Å²) in [6, 6.07) is 9.89. The Bertz CT molecular complexity index is 833. The van der Waals surface area contributed by atoms with Crippen LogP contribution < -0.4 is 5.32 Å². The fourth-order valence-electron chi connectivity index (χ4n) is 1.96. The SMILES string of the molecule is Cc1ccc(F)cc1NC(=O)CSc1nnc2ccccn12. The number of thioether (sulfide) groups is 1. The predicted molar refractivity (Wildman–Crippen MR) is 83.5 cm³/mol. The van der Waals surface area contributed by atoms with Crippen molar-refractivity contribution >= 4 is 29.0 Å². The van der Waals surface area contributed by atoms with Gasteiger partial charge in [-0.05, 0) is 36.8 Å². The van der Waals surface area contributed by atoms with E-state index in [1.807, 2.05) is 35.7 Å². The van der Waals surface area contributed by atoms with Crippen molar-refractivity contribution in [3.63, 3.8) is 0 Å². The largest absolute Gasteiger partial charge is 0.325 e. The zero-order valence-electron chi connectivity index (χ0n) is 11.8. The number of anilines is 1. The predicted octanol–water partition coefficient (Wildman–Crippen LogP) is 2.91. The minimum Gasteiger partial charge on any atom is -0.325 e. The molecule has 0 saturated heterocycles. The number of aromatic nitrogens is 3. The summed E-state index contributed by atoms with van der Waals surface area (Å²) in [4.78, 5) is 12.0. The Balaban J connectivity index is 1.66. The molecule has 0 bridgehead atoms. The maximum Gasteiger partial charge on any atom is 0.234 e. The van der Waals surface area contributed by atoms with Gasteiger partial charge < -0.3 is 5.32 Å². The first kappa shape index (κ1) is 14.5. The monoisotopic (exact) mass is 316 g/mol. The first-order valence-electron chi connectivity index (χ1n) is 6.62. The normalized spacial score (nSPS) is 10.8. The van der Waals surface area contributed by atoms with Gasteiger partial charge in [0.1, 0.15) is 5.82 Å². The number of rotatable bonds is 4. The molecule has 1 N–H and O–H groups in total. The Kier molecular flexibility index (Phi) is 4.06. The van der Waals surface area contributed by atoms with E-state index in [1.54, 1.807) is 6.07 Å². The first-order chi connectivity index (χ1) is 10.6. The number of hydrogen-bond donors (Lipinski definition) is 1. The van der Waals surface area contributed by atoms with Gasteiger partial charge in [-0.25, -0.2) is 4.39 Å². The van der Waals surface area contributed by atoms with E-state index in [2.05, 4.69) is 15.5 Å². The Morgan fingerprint density at radius 1 is 1.32 bits per heavy atom. The van der Waals surface area contributed by atoms with E-state index in [0.717, 1.165) is 11.2 Å². The highest BCUT2D eigenvalue weighted by molar-refractivity contribution is 7.99. The van der Waals surface area contributed by atoms with Crippen LogP contribution in [-0.2, 0) is 4.79 Å². The molecule has 0 spiro atoms. The third-order valence-electron chi connectivity index (χ3n) is 3.09. The maximum atomic E-state index is 13.2. The maximum absolute atomic E-state index is 13.2. The number of nitrogens with zero attached hydrogens (tertiary/aromatic N) is 3. The van der Waals surface area contributed by atoms with Crippen molar-refractivity contribution in [1.29, 1.82) is 0 Å². The van der Waals surface area contributed by atoms with Crippen molar-refractivity contribution in [2.45, 2.75) is 12.1 Å². The molecule has 5 nitrogen and oxygen atoms in total. The molecular formula is C15H13FN4OS. The zero-order valence-corrected chi connectivity index (χ0v) is 12.6. The number of carbonyl (C=O) groups excluding carboxylic acids is 1. The fourth-order valence-corrected chi connectivity index (χ4v) is 2.69. The van der Waals surface area contributed by atoms with E-state index in [1.165, 1.54) is 23.9 Å². The molecule has 0 radical (unpaired) electrons. The van der Waals surface area contributed by atoms with Crippen molar-refractivity contribution in [3.05, 3.63) is 54.0 Å². The molecule has 0 saturated carbocycles. The number of fused-ring (bicyclic) bond motifs is 1. The Hall–Kier alpha value is -2.41. The van der Waals surface area contributed by atoms with Gasteiger partial charge in [0.25, 0.3) is 0 Å². The number of halogens is 1. The summed E-state index contributed by atoms with van der Waals surface area (Å²) in [6.07, 6.45) is 1.84. The van der Waals surface area contributed by atoms with Gasteiger partial charge in [-0.15, -0.1) is 10.2 Å². The second-order valence-electron chi connectivity index (χ2n) is 4.71. The molecule has 112 valence electrons. The van der Waals surface area contributed by atoms with Crippen LogP contribution in [0.4, 0.5) is 10.1 Å². The van der Waals surface area contributed by atoms with Crippen LogP contribution in [0.1, 0.15) is 5.56 Å². The highest BCUT2D eigenvalue weighted by Gasteiger charge is 2.10. The fraction of sp³-hybridized carbons (Fsp3) is 0.133. The molecule has 0 aliphatic carbocycles. The molecule has 22 heavy (non-hydrogen) atoms. The number of benzene rings is 1. The minimum absolute atomic E-state index is 0.172. The molecule has 0 atom stereocenters. The van der Waals surface area contributed by atoms with E-state index in [9.17, 15) is 9.18 Å². The van der Waals surface area contributed by atoms with Gasteiger partial charge in [-0.3, -0.25) is 9.20 Å². The third kappa shape index (κ3) is 3.09. The summed E-state index contributed by atoms with van der Waals surface area (Å²) in [6.45, 7) is 1.81. The van der Waals surface area contributed by atoms with Gasteiger partial charge in [0.15, 0.2) is 10.8 Å². The number of carbonyl (C=O) groups is 1. The molecule has 1 amide bonds. The lowest BCUT2D eigenvalue weighted by molar-refractivity contribution is -0.113. The van der Waals surface area contributed by atoms with Gasteiger partial charge in [0.05, 0.1) is 5.75 Å². The van der Waals surface area contributed by atoms with Crippen molar-refractivity contribution < 1.29 is 9.18 Å². The van der Waals surface area contributed by atoms with E-state index in [4.69, 9.17) is 0 Å².